The lowest BCUT2D eigenvalue weighted by atomic mass is 10.1. The smallest absolute Gasteiger partial charge is 0.289 e. The van der Waals surface area contributed by atoms with Crippen molar-refractivity contribution in [3.63, 3.8) is 0 Å². The molecule has 0 saturated carbocycles. The maximum absolute atomic E-state index is 12.4. The fourth-order valence-corrected chi connectivity index (χ4v) is 3.42. The normalized spacial score (nSPS) is 15.5. The van der Waals surface area contributed by atoms with E-state index in [9.17, 15) is 9.59 Å². The van der Waals surface area contributed by atoms with Gasteiger partial charge >= 0.3 is 0 Å². The van der Waals surface area contributed by atoms with Crippen molar-refractivity contribution >= 4 is 17.8 Å². The van der Waals surface area contributed by atoms with Gasteiger partial charge in [-0.15, -0.1) is 0 Å². The number of carbonyl (C=O) groups is 2. The maximum atomic E-state index is 12.4. The highest BCUT2D eigenvalue weighted by Gasteiger charge is 2.25. The van der Waals surface area contributed by atoms with Crippen LogP contribution in [0.1, 0.15) is 46.7 Å². The summed E-state index contributed by atoms with van der Waals surface area (Å²) in [5.41, 5.74) is 1.66. The molecule has 1 aromatic carbocycles. The van der Waals surface area contributed by atoms with E-state index in [1.54, 1.807) is 24.1 Å². The number of guanidine groups is 1. The van der Waals surface area contributed by atoms with E-state index in [4.69, 9.17) is 4.42 Å². The molecule has 1 aliphatic rings. The van der Waals surface area contributed by atoms with Gasteiger partial charge in [-0.25, -0.2) is 0 Å². The van der Waals surface area contributed by atoms with E-state index < -0.39 is 0 Å². The minimum absolute atomic E-state index is 0.0575. The Morgan fingerprint density at radius 1 is 1.13 bits per heavy atom. The van der Waals surface area contributed by atoms with Gasteiger partial charge in [-0.05, 0) is 43.2 Å². The van der Waals surface area contributed by atoms with Crippen LogP contribution in [0.4, 0.5) is 0 Å². The lowest BCUT2D eigenvalue weighted by Gasteiger charge is -2.36. The Morgan fingerprint density at radius 3 is 2.52 bits per heavy atom. The Kier molecular flexibility index (Phi) is 7.70. The lowest BCUT2D eigenvalue weighted by molar-refractivity contribution is 0.0657. The average Bonchev–Trinajstić information content (AvgIpc) is 3.34. The topological polar surface area (TPSA) is 90.2 Å². The van der Waals surface area contributed by atoms with Crippen molar-refractivity contribution in [1.29, 1.82) is 0 Å². The highest BCUT2D eigenvalue weighted by Crippen LogP contribution is 2.10. The van der Waals surface area contributed by atoms with Crippen molar-refractivity contribution in [3.05, 3.63) is 59.5 Å². The first-order valence-corrected chi connectivity index (χ1v) is 10.7. The van der Waals surface area contributed by atoms with Crippen molar-refractivity contribution < 1.29 is 14.0 Å². The zero-order valence-electron chi connectivity index (χ0n) is 18.4. The number of benzene rings is 1. The second-order valence-electron chi connectivity index (χ2n) is 7.64. The van der Waals surface area contributed by atoms with Crippen molar-refractivity contribution in [3.8, 4) is 0 Å². The molecule has 2 aromatic rings. The molecular weight excluding hydrogens is 394 g/mol. The number of hydrogen-bond acceptors (Lipinski definition) is 4. The lowest BCUT2D eigenvalue weighted by Crippen LogP contribution is -2.53. The minimum Gasteiger partial charge on any atom is -0.459 e. The predicted molar refractivity (Wildman–Crippen MR) is 120 cm³/mol. The Balaban J connectivity index is 1.53. The van der Waals surface area contributed by atoms with Crippen molar-refractivity contribution in [2.24, 2.45) is 4.99 Å². The van der Waals surface area contributed by atoms with Crippen LogP contribution in [0.25, 0.3) is 0 Å². The molecule has 8 heteroatoms. The quantitative estimate of drug-likeness (QED) is 0.548. The molecule has 1 saturated heterocycles. The van der Waals surface area contributed by atoms with Crippen LogP contribution in [-0.2, 0) is 6.54 Å². The Morgan fingerprint density at radius 2 is 1.87 bits per heavy atom. The Hall–Kier alpha value is -3.29. The molecule has 2 amide bonds. The number of nitrogens with zero attached hydrogens (tertiary/aromatic N) is 3. The van der Waals surface area contributed by atoms with E-state index >= 15 is 0 Å². The summed E-state index contributed by atoms with van der Waals surface area (Å²) >= 11 is 0. The first-order chi connectivity index (χ1) is 15.0. The molecule has 8 nitrogen and oxygen atoms in total. The number of piperazine rings is 1. The summed E-state index contributed by atoms with van der Waals surface area (Å²) in [5, 5.41) is 6.36. The van der Waals surface area contributed by atoms with Crippen molar-refractivity contribution in [2.75, 3.05) is 33.2 Å². The minimum atomic E-state index is -0.0833. The van der Waals surface area contributed by atoms with Crippen LogP contribution in [0.5, 0.6) is 0 Å². The molecule has 1 unspecified atom stereocenters. The third-order valence-corrected chi connectivity index (χ3v) is 5.44. The second kappa shape index (κ2) is 10.7. The first kappa shape index (κ1) is 22.4. The summed E-state index contributed by atoms with van der Waals surface area (Å²) in [6.07, 6.45) is 2.40. The van der Waals surface area contributed by atoms with Gasteiger partial charge in [-0.1, -0.05) is 19.1 Å². The van der Waals surface area contributed by atoms with Crippen LogP contribution in [0.15, 0.2) is 52.1 Å². The molecule has 0 spiro atoms. The average molecular weight is 426 g/mol. The fourth-order valence-electron chi connectivity index (χ4n) is 3.42. The van der Waals surface area contributed by atoms with E-state index in [2.05, 4.69) is 20.5 Å². The van der Waals surface area contributed by atoms with Gasteiger partial charge in [0.15, 0.2) is 11.7 Å². The monoisotopic (exact) mass is 425 g/mol. The van der Waals surface area contributed by atoms with Gasteiger partial charge in [0.1, 0.15) is 0 Å². The van der Waals surface area contributed by atoms with E-state index in [0.29, 0.717) is 44.0 Å². The van der Waals surface area contributed by atoms with E-state index in [-0.39, 0.29) is 17.9 Å². The first-order valence-electron chi connectivity index (χ1n) is 10.7. The third-order valence-electron chi connectivity index (χ3n) is 5.44. The summed E-state index contributed by atoms with van der Waals surface area (Å²) in [4.78, 5) is 33.1. The number of amides is 2. The second-order valence-corrected chi connectivity index (χ2v) is 7.64. The molecule has 31 heavy (non-hydrogen) atoms. The molecule has 2 N–H and O–H groups in total. The van der Waals surface area contributed by atoms with Gasteiger partial charge in [0.25, 0.3) is 11.8 Å². The van der Waals surface area contributed by atoms with Gasteiger partial charge in [0.05, 0.1) is 6.26 Å². The van der Waals surface area contributed by atoms with E-state index in [1.807, 2.05) is 38.1 Å². The Labute approximate surface area is 183 Å². The van der Waals surface area contributed by atoms with Gasteiger partial charge in [-0.2, -0.15) is 0 Å². The molecule has 1 aromatic heterocycles. The predicted octanol–water partition coefficient (Wildman–Crippen LogP) is 2.34. The number of rotatable bonds is 6. The van der Waals surface area contributed by atoms with Crippen LogP contribution in [-0.4, -0.2) is 66.8 Å². The SMILES string of the molecule is CCC(C)NC(=O)c1cccc(CNC(=NC)N2CCN(C(=O)c3ccco3)CC2)c1. The summed E-state index contributed by atoms with van der Waals surface area (Å²) in [6.45, 7) is 7.17. The van der Waals surface area contributed by atoms with E-state index in [1.165, 1.54) is 6.26 Å². The van der Waals surface area contributed by atoms with Crippen LogP contribution in [0, 0.1) is 0 Å². The van der Waals surface area contributed by atoms with Gasteiger partial charge in [0.2, 0.25) is 0 Å². The molecule has 1 atom stereocenters. The summed E-state index contributed by atoms with van der Waals surface area (Å²) in [6, 6.07) is 11.2. The van der Waals surface area contributed by atoms with Crippen LogP contribution in [0.3, 0.4) is 0 Å². The summed E-state index contributed by atoms with van der Waals surface area (Å²) < 4.78 is 5.22. The van der Waals surface area contributed by atoms with Gasteiger partial charge < -0.3 is 24.9 Å². The highest BCUT2D eigenvalue weighted by molar-refractivity contribution is 5.94. The number of nitrogens with one attached hydrogen (secondary N) is 2. The molecule has 166 valence electrons. The molecule has 0 aliphatic carbocycles. The van der Waals surface area contributed by atoms with Crippen LogP contribution >= 0.6 is 0 Å². The molecular formula is C23H31N5O3. The highest BCUT2D eigenvalue weighted by atomic mass is 16.3. The summed E-state index contributed by atoms with van der Waals surface area (Å²) in [5.74, 6) is 1.01. The van der Waals surface area contributed by atoms with Crippen LogP contribution < -0.4 is 10.6 Å². The molecule has 3 rings (SSSR count). The van der Waals surface area contributed by atoms with Crippen LogP contribution in [0.2, 0.25) is 0 Å². The number of furan rings is 1. The number of hydrogen-bond donors (Lipinski definition) is 2. The summed E-state index contributed by atoms with van der Waals surface area (Å²) in [7, 11) is 1.75. The standard InChI is InChI=1S/C23H31N5O3/c1-4-17(2)26-21(29)19-8-5-7-18(15-19)16-25-23(24-3)28-12-10-27(11-13-28)22(30)20-9-6-14-31-20/h5-9,14-15,17H,4,10-13,16H2,1-3H3,(H,24,25)(H,26,29). The molecule has 0 radical (unpaired) electrons. The Bertz CT molecular complexity index is 902. The van der Waals surface area contributed by atoms with Crippen molar-refractivity contribution in [2.45, 2.75) is 32.9 Å². The molecule has 1 aliphatic heterocycles. The largest absolute Gasteiger partial charge is 0.459 e. The molecule has 0 bridgehead atoms. The van der Waals surface area contributed by atoms with Crippen molar-refractivity contribution in [1.82, 2.24) is 20.4 Å². The zero-order valence-corrected chi connectivity index (χ0v) is 18.4. The zero-order chi connectivity index (χ0) is 22.2. The molecule has 2 heterocycles. The maximum Gasteiger partial charge on any atom is 0.289 e. The fraction of sp³-hybridized carbons (Fsp3) is 0.435. The third kappa shape index (κ3) is 5.87. The van der Waals surface area contributed by atoms with Gasteiger partial charge in [0, 0.05) is 51.4 Å². The van der Waals surface area contributed by atoms with E-state index in [0.717, 1.165) is 17.9 Å². The number of carbonyl (C=O) groups excluding carboxylic acids is 2. The van der Waals surface area contributed by atoms with Gasteiger partial charge in [-0.3, -0.25) is 14.6 Å². The number of aliphatic imine (C=N–C) groups is 1. The molecule has 1 fully saturated rings.